The molecule has 8 nitrogen and oxygen atoms in total. The molecule has 10 heteroatoms. The standard InChI is InChI=1S/C20H16Cl2N8/c21-13-4-6-15(16(22)8-13)17-9-18-26-11-27-30(18)20(29-17)25-7-1-2-14-5-3-12(10-23)19(24)28-14/h3-6,8-9,11H,1-2,7H2,(H2,24,28)(H,25,29). The lowest BCUT2D eigenvalue weighted by Crippen LogP contribution is -2.11. The molecule has 0 saturated heterocycles. The molecule has 0 aliphatic carbocycles. The number of hydrogen-bond acceptors (Lipinski definition) is 7. The summed E-state index contributed by atoms with van der Waals surface area (Å²) in [6.07, 6.45) is 2.95. The summed E-state index contributed by atoms with van der Waals surface area (Å²) in [6.45, 7) is 0.626. The van der Waals surface area contributed by atoms with Gasteiger partial charge in [-0.2, -0.15) is 14.9 Å². The number of pyridine rings is 1. The third-order valence-corrected chi connectivity index (χ3v) is 5.02. The predicted molar refractivity (Wildman–Crippen MR) is 116 cm³/mol. The second-order valence-corrected chi connectivity index (χ2v) is 7.34. The van der Waals surface area contributed by atoms with Crippen LogP contribution in [0.1, 0.15) is 17.7 Å². The molecule has 0 bridgehead atoms. The minimum atomic E-state index is 0.251. The van der Waals surface area contributed by atoms with Gasteiger partial charge in [0.2, 0.25) is 5.95 Å². The number of benzene rings is 1. The zero-order chi connectivity index (χ0) is 21.1. The summed E-state index contributed by atoms with van der Waals surface area (Å²) >= 11 is 12.3. The van der Waals surface area contributed by atoms with E-state index in [-0.39, 0.29) is 5.82 Å². The van der Waals surface area contributed by atoms with E-state index >= 15 is 0 Å². The average molecular weight is 439 g/mol. The molecule has 0 aliphatic heterocycles. The third kappa shape index (κ3) is 4.13. The molecule has 0 amide bonds. The highest BCUT2D eigenvalue weighted by Crippen LogP contribution is 2.30. The minimum Gasteiger partial charge on any atom is -0.383 e. The normalized spacial score (nSPS) is 10.8. The summed E-state index contributed by atoms with van der Waals surface area (Å²) < 4.78 is 1.63. The Balaban J connectivity index is 1.50. The number of nitrogens with zero attached hydrogens (tertiary/aromatic N) is 6. The van der Waals surface area contributed by atoms with Crippen molar-refractivity contribution in [3.05, 3.63) is 64.0 Å². The first kappa shape index (κ1) is 19.9. The van der Waals surface area contributed by atoms with Crippen LogP contribution in [-0.4, -0.2) is 31.1 Å². The third-order valence-electron chi connectivity index (χ3n) is 4.47. The zero-order valence-electron chi connectivity index (χ0n) is 15.7. The van der Waals surface area contributed by atoms with E-state index in [1.807, 2.05) is 24.3 Å². The first-order chi connectivity index (χ1) is 14.5. The SMILES string of the molecule is N#Cc1ccc(CCCNc2nc(-c3ccc(Cl)cc3Cl)cc3ncnn23)nc1N. The van der Waals surface area contributed by atoms with E-state index in [1.54, 1.807) is 22.7 Å². The van der Waals surface area contributed by atoms with Crippen molar-refractivity contribution in [2.45, 2.75) is 12.8 Å². The van der Waals surface area contributed by atoms with Crippen LogP contribution in [0.5, 0.6) is 0 Å². The van der Waals surface area contributed by atoms with Crippen molar-refractivity contribution in [1.82, 2.24) is 24.6 Å². The minimum absolute atomic E-state index is 0.251. The lowest BCUT2D eigenvalue weighted by molar-refractivity contribution is 0.816. The molecule has 0 atom stereocenters. The second kappa shape index (κ2) is 8.53. The van der Waals surface area contributed by atoms with E-state index in [0.29, 0.717) is 45.9 Å². The van der Waals surface area contributed by atoms with Gasteiger partial charge >= 0.3 is 0 Å². The quantitative estimate of drug-likeness (QED) is 0.436. The Kier molecular flexibility index (Phi) is 5.65. The number of nitrogens with two attached hydrogens (primary N) is 1. The van der Waals surface area contributed by atoms with Crippen LogP contribution in [0.4, 0.5) is 11.8 Å². The summed E-state index contributed by atoms with van der Waals surface area (Å²) in [5, 5.41) is 17.5. The molecule has 4 aromatic rings. The molecule has 3 aromatic heterocycles. The first-order valence-electron chi connectivity index (χ1n) is 9.11. The second-order valence-electron chi connectivity index (χ2n) is 6.50. The fourth-order valence-electron chi connectivity index (χ4n) is 3.00. The van der Waals surface area contributed by atoms with Gasteiger partial charge in [0.05, 0.1) is 16.3 Å². The first-order valence-corrected chi connectivity index (χ1v) is 9.86. The van der Waals surface area contributed by atoms with E-state index in [1.165, 1.54) is 6.33 Å². The molecule has 3 N–H and O–H groups in total. The number of fused-ring (bicyclic) bond motifs is 1. The molecule has 150 valence electrons. The summed E-state index contributed by atoms with van der Waals surface area (Å²) in [4.78, 5) is 13.2. The Hall–Kier alpha value is -3.41. The highest BCUT2D eigenvalue weighted by molar-refractivity contribution is 6.36. The van der Waals surface area contributed by atoms with Crippen LogP contribution < -0.4 is 11.1 Å². The van der Waals surface area contributed by atoms with Gasteiger partial charge in [-0.3, -0.25) is 0 Å². The summed E-state index contributed by atoms with van der Waals surface area (Å²) in [5.74, 6) is 0.805. The van der Waals surface area contributed by atoms with E-state index < -0.39 is 0 Å². The van der Waals surface area contributed by atoms with Gasteiger partial charge in [-0.15, -0.1) is 0 Å². The molecular weight excluding hydrogens is 423 g/mol. The Morgan fingerprint density at radius 1 is 1.13 bits per heavy atom. The van der Waals surface area contributed by atoms with Crippen LogP contribution in [0.2, 0.25) is 10.0 Å². The van der Waals surface area contributed by atoms with Crippen molar-refractivity contribution in [3.8, 4) is 17.3 Å². The fraction of sp³-hybridized carbons (Fsp3) is 0.150. The van der Waals surface area contributed by atoms with Gasteiger partial charge in [-0.05, 0) is 43.2 Å². The smallest absolute Gasteiger partial charge is 0.226 e. The van der Waals surface area contributed by atoms with Gasteiger partial charge in [-0.25, -0.2) is 15.0 Å². The van der Waals surface area contributed by atoms with Crippen molar-refractivity contribution in [2.24, 2.45) is 0 Å². The van der Waals surface area contributed by atoms with Crippen LogP contribution in [0.25, 0.3) is 16.9 Å². The lowest BCUT2D eigenvalue weighted by atomic mass is 10.1. The number of anilines is 2. The Morgan fingerprint density at radius 3 is 2.77 bits per heavy atom. The number of rotatable bonds is 6. The molecule has 1 aromatic carbocycles. The number of nitrogen functional groups attached to an aromatic ring is 1. The fourth-order valence-corrected chi connectivity index (χ4v) is 3.50. The maximum atomic E-state index is 8.94. The monoisotopic (exact) mass is 438 g/mol. The molecule has 30 heavy (non-hydrogen) atoms. The Morgan fingerprint density at radius 2 is 2.00 bits per heavy atom. The molecule has 3 heterocycles. The summed E-state index contributed by atoms with van der Waals surface area (Å²) in [6, 6.07) is 12.6. The van der Waals surface area contributed by atoms with E-state index in [2.05, 4.69) is 25.4 Å². The van der Waals surface area contributed by atoms with E-state index in [9.17, 15) is 0 Å². The van der Waals surface area contributed by atoms with Gasteiger partial charge in [0, 0.05) is 28.9 Å². The van der Waals surface area contributed by atoms with Crippen LogP contribution >= 0.6 is 23.2 Å². The average Bonchev–Trinajstić information content (AvgIpc) is 3.20. The van der Waals surface area contributed by atoms with Crippen LogP contribution in [0.15, 0.2) is 42.7 Å². The zero-order valence-corrected chi connectivity index (χ0v) is 17.2. The number of aromatic nitrogens is 5. The number of aryl methyl sites for hydroxylation is 1. The molecule has 4 rings (SSSR count). The van der Waals surface area contributed by atoms with Crippen molar-refractivity contribution in [1.29, 1.82) is 5.26 Å². The highest BCUT2D eigenvalue weighted by atomic mass is 35.5. The van der Waals surface area contributed by atoms with Crippen LogP contribution in [0, 0.1) is 11.3 Å². The maximum Gasteiger partial charge on any atom is 0.226 e. The predicted octanol–water partition coefficient (Wildman–Crippen LogP) is 3.99. The summed E-state index contributed by atoms with van der Waals surface area (Å²) in [5.41, 5.74) is 9.06. The Labute approximate surface area is 182 Å². The van der Waals surface area contributed by atoms with Gasteiger partial charge in [0.1, 0.15) is 18.2 Å². The number of hydrogen-bond donors (Lipinski definition) is 2. The molecule has 0 unspecified atom stereocenters. The van der Waals surface area contributed by atoms with E-state index in [4.69, 9.17) is 34.2 Å². The van der Waals surface area contributed by atoms with Crippen molar-refractivity contribution < 1.29 is 0 Å². The van der Waals surface area contributed by atoms with Gasteiger partial charge in [0.15, 0.2) is 5.65 Å². The molecule has 0 fully saturated rings. The molecule has 0 aliphatic rings. The molecule has 0 saturated carbocycles. The summed E-state index contributed by atoms with van der Waals surface area (Å²) in [7, 11) is 0. The van der Waals surface area contributed by atoms with Crippen LogP contribution in [0.3, 0.4) is 0 Å². The lowest BCUT2D eigenvalue weighted by Gasteiger charge is -2.10. The van der Waals surface area contributed by atoms with Gasteiger partial charge in [0.25, 0.3) is 0 Å². The largest absolute Gasteiger partial charge is 0.383 e. The van der Waals surface area contributed by atoms with Crippen molar-refractivity contribution in [3.63, 3.8) is 0 Å². The number of nitriles is 1. The molecule has 0 spiro atoms. The van der Waals surface area contributed by atoms with Crippen LogP contribution in [-0.2, 0) is 6.42 Å². The van der Waals surface area contributed by atoms with Gasteiger partial charge in [-0.1, -0.05) is 23.2 Å². The topological polar surface area (TPSA) is 118 Å². The molecular formula is C20H16Cl2N8. The Bertz CT molecular complexity index is 1260. The number of halogens is 2. The molecule has 0 radical (unpaired) electrons. The van der Waals surface area contributed by atoms with Gasteiger partial charge < -0.3 is 11.1 Å². The number of nitrogens with one attached hydrogen (secondary N) is 1. The van der Waals surface area contributed by atoms with E-state index in [0.717, 1.165) is 17.7 Å². The highest BCUT2D eigenvalue weighted by Gasteiger charge is 2.12. The van der Waals surface area contributed by atoms with Crippen molar-refractivity contribution in [2.75, 3.05) is 17.6 Å². The van der Waals surface area contributed by atoms with Crippen molar-refractivity contribution >= 4 is 40.6 Å². The maximum absolute atomic E-state index is 8.94.